The molecule has 0 aliphatic carbocycles. The van der Waals surface area contributed by atoms with Crippen molar-refractivity contribution in [3.05, 3.63) is 93.9 Å². The summed E-state index contributed by atoms with van der Waals surface area (Å²) in [5, 5.41) is 7.25. The Labute approximate surface area is 201 Å². The van der Waals surface area contributed by atoms with Gasteiger partial charge in [-0.1, -0.05) is 37.3 Å². The molecule has 176 valence electrons. The van der Waals surface area contributed by atoms with Crippen molar-refractivity contribution >= 4 is 28.3 Å². The van der Waals surface area contributed by atoms with Gasteiger partial charge in [0.2, 0.25) is 11.6 Å². The highest BCUT2D eigenvalue weighted by atomic mass is 16.5. The molecule has 0 atom stereocenters. The maximum atomic E-state index is 13.3. The summed E-state index contributed by atoms with van der Waals surface area (Å²) in [5.74, 6) is 0.441. The Hall–Kier alpha value is -4.46. The smallest absolute Gasteiger partial charge is 0.351 e. The Bertz CT molecular complexity index is 1600. The van der Waals surface area contributed by atoms with Crippen molar-refractivity contribution in [2.75, 3.05) is 5.32 Å². The molecule has 0 fully saturated rings. The molecule has 0 aliphatic rings. The molecule has 8 heteroatoms. The molecule has 8 nitrogen and oxygen atoms in total. The van der Waals surface area contributed by atoms with E-state index in [1.807, 2.05) is 68.4 Å². The van der Waals surface area contributed by atoms with E-state index in [1.54, 1.807) is 12.1 Å². The number of carbonyl (C=O) groups excluding carboxylic acids is 1. The van der Waals surface area contributed by atoms with Gasteiger partial charge in [-0.2, -0.15) is 0 Å². The summed E-state index contributed by atoms with van der Waals surface area (Å²) in [4.78, 5) is 30.7. The fourth-order valence-corrected chi connectivity index (χ4v) is 4.11. The Balaban J connectivity index is 1.53. The zero-order valence-electron chi connectivity index (χ0n) is 19.8. The minimum Gasteiger partial charge on any atom is -0.436 e. The van der Waals surface area contributed by atoms with Gasteiger partial charge in [-0.25, -0.2) is 18.9 Å². The molecule has 2 heterocycles. The van der Waals surface area contributed by atoms with E-state index in [0.29, 0.717) is 22.5 Å². The molecule has 5 rings (SSSR count). The molecule has 3 aromatic carbocycles. The van der Waals surface area contributed by atoms with Crippen LogP contribution in [0.15, 0.2) is 71.5 Å². The number of hydrogen-bond donors (Lipinski definition) is 1. The molecule has 0 aliphatic heterocycles. The number of anilines is 1. The van der Waals surface area contributed by atoms with Crippen molar-refractivity contribution in [3.63, 3.8) is 0 Å². The van der Waals surface area contributed by atoms with Crippen molar-refractivity contribution in [2.24, 2.45) is 0 Å². The summed E-state index contributed by atoms with van der Waals surface area (Å²) in [6.45, 7) is 5.79. The van der Waals surface area contributed by atoms with Gasteiger partial charge < -0.3 is 10.1 Å². The third kappa shape index (κ3) is 4.50. The van der Waals surface area contributed by atoms with E-state index in [0.717, 1.165) is 22.2 Å². The van der Waals surface area contributed by atoms with Crippen LogP contribution in [0.2, 0.25) is 0 Å². The van der Waals surface area contributed by atoms with E-state index >= 15 is 0 Å². The molecule has 0 spiro atoms. The third-order valence-corrected chi connectivity index (χ3v) is 5.72. The van der Waals surface area contributed by atoms with Gasteiger partial charge >= 0.3 is 5.69 Å². The first-order valence-corrected chi connectivity index (χ1v) is 11.4. The number of rotatable bonds is 6. The second-order valence-corrected chi connectivity index (χ2v) is 8.53. The monoisotopic (exact) mass is 467 g/mol. The molecule has 0 bridgehead atoms. The van der Waals surface area contributed by atoms with Crippen LogP contribution in [-0.4, -0.2) is 25.1 Å². The van der Waals surface area contributed by atoms with Crippen LogP contribution < -0.4 is 15.7 Å². The lowest BCUT2D eigenvalue weighted by molar-refractivity contribution is -0.117. The average molecular weight is 468 g/mol. The van der Waals surface area contributed by atoms with Crippen LogP contribution in [0.5, 0.6) is 11.6 Å². The van der Waals surface area contributed by atoms with Crippen LogP contribution in [0, 0.1) is 13.8 Å². The standard InChI is InChI=1S/C27H25N5O3/c1-4-19-9-11-20(12-10-19)28-24(33)16-31-27(34)32-23-8-6-5-7-22(23)29-26(25(32)30-31)35-21-14-17(2)13-18(3)15-21/h5-15H,4,16H2,1-3H3,(H,28,33). The molecule has 1 amide bonds. The molecule has 0 radical (unpaired) electrons. The van der Waals surface area contributed by atoms with E-state index in [9.17, 15) is 9.59 Å². The number of ether oxygens (including phenoxy) is 1. The topological polar surface area (TPSA) is 90.5 Å². The Morgan fingerprint density at radius 2 is 1.71 bits per heavy atom. The average Bonchev–Trinajstić information content (AvgIpc) is 3.15. The lowest BCUT2D eigenvalue weighted by Gasteiger charge is -2.09. The SMILES string of the molecule is CCc1ccc(NC(=O)Cn2nc3c(Oc4cc(C)cc(C)c4)nc4ccccc4n3c2=O)cc1. The summed E-state index contributed by atoms with van der Waals surface area (Å²) in [5.41, 5.74) is 4.90. The fourth-order valence-electron chi connectivity index (χ4n) is 4.11. The van der Waals surface area contributed by atoms with Gasteiger partial charge in [-0.05, 0) is 73.4 Å². The maximum absolute atomic E-state index is 13.3. The van der Waals surface area contributed by atoms with Crippen molar-refractivity contribution in [2.45, 2.75) is 33.7 Å². The number of hydrogen-bond acceptors (Lipinski definition) is 5. The zero-order chi connectivity index (χ0) is 24.5. The minimum absolute atomic E-state index is 0.195. The van der Waals surface area contributed by atoms with Gasteiger partial charge in [0.05, 0.1) is 11.0 Å². The molecule has 1 N–H and O–H groups in total. The minimum atomic E-state index is -0.444. The molecule has 0 saturated heterocycles. The van der Waals surface area contributed by atoms with Crippen LogP contribution in [0.4, 0.5) is 5.69 Å². The van der Waals surface area contributed by atoms with Gasteiger partial charge in [-0.15, -0.1) is 5.10 Å². The van der Waals surface area contributed by atoms with E-state index in [4.69, 9.17) is 4.74 Å². The third-order valence-electron chi connectivity index (χ3n) is 5.72. The molecular weight excluding hydrogens is 442 g/mol. The first-order chi connectivity index (χ1) is 16.9. The lowest BCUT2D eigenvalue weighted by Crippen LogP contribution is -2.28. The van der Waals surface area contributed by atoms with E-state index < -0.39 is 5.69 Å². The number of aromatic nitrogens is 4. The van der Waals surface area contributed by atoms with Gasteiger partial charge in [-0.3, -0.25) is 4.79 Å². The van der Waals surface area contributed by atoms with Gasteiger partial charge in [0, 0.05) is 5.69 Å². The number of nitrogens with zero attached hydrogens (tertiary/aromatic N) is 4. The van der Waals surface area contributed by atoms with Crippen LogP contribution >= 0.6 is 0 Å². The van der Waals surface area contributed by atoms with E-state index in [-0.39, 0.29) is 24.0 Å². The number of amides is 1. The largest absolute Gasteiger partial charge is 0.436 e. The zero-order valence-corrected chi connectivity index (χ0v) is 19.8. The molecule has 0 saturated carbocycles. The normalized spacial score (nSPS) is 11.2. The number of para-hydroxylation sites is 2. The second-order valence-electron chi connectivity index (χ2n) is 8.53. The van der Waals surface area contributed by atoms with Crippen molar-refractivity contribution in [1.82, 2.24) is 19.2 Å². The Morgan fingerprint density at radius 3 is 2.43 bits per heavy atom. The first kappa shape index (κ1) is 22.3. The van der Waals surface area contributed by atoms with Crippen LogP contribution in [0.25, 0.3) is 16.7 Å². The van der Waals surface area contributed by atoms with Crippen LogP contribution in [0.3, 0.4) is 0 Å². The van der Waals surface area contributed by atoms with Crippen LogP contribution in [0.1, 0.15) is 23.6 Å². The predicted octanol–water partition coefficient (Wildman–Crippen LogP) is 4.65. The highest BCUT2D eigenvalue weighted by molar-refractivity contribution is 5.90. The maximum Gasteiger partial charge on any atom is 0.351 e. The first-order valence-electron chi connectivity index (χ1n) is 11.4. The number of fused-ring (bicyclic) bond motifs is 3. The Morgan fingerprint density at radius 1 is 1.00 bits per heavy atom. The van der Waals surface area contributed by atoms with Crippen molar-refractivity contribution < 1.29 is 9.53 Å². The Kier molecular flexibility index (Phi) is 5.78. The highest BCUT2D eigenvalue weighted by Crippen LogP contribution is 2.27. The molecular formula is C27H25N5O3. The van der Waals surface area contributed by atoms with Crippen molar-refractivity contribution in [3.8, 4) is 11.6 Å². The van der Waals surface area contributed by atoms with E-state index in [2.05, 4.69) is 22.3 Å². The summed E-state index contributed by atoms with van der Waals surface area (Å²) in [6, 6.07) is 20.7. The molecule has 5 aromatic rings. The number of carbonyl (C=O) groups is 1. The number of nitrogens with one attached hydrogen (secondary N) is 1. The fraction of sp³-hybridized carbons (Fsp3) is 0.185. The van der Waals surface area contributed by atoms with Gasteiger partial charge in [0.1, 0.15) is 12.3 Å². The number of aryl methyl sites for hydroxylation is 3. The molecule has 2 aromatic heterocycles. The van der Waals surface area contributed by atoms with Gasteiger partial charge in [0.15, 0.2) is 0 Å². The van der Waals surface area contributed by atoms with E-state index in [1.165, 1.54) is 9.96 Å². The quantitative estimate of drug-likeness (QED) is 0.392. The summed E-state index contributed by atoms with van der Waals surface area (Å²) < 4.78 is 8.67. The van der Waals surface area contributed by atoms with Crippen molar-refractivity contribution in [1.29, 1.82) is 0 Å². The summed E-state index contributed by atoms with van der Waals surface area (Å²) >= 11 is 0. The van der Waals surface area contributed by atoms with Crippen LogP contribution in [-0.2, 0) is 17.8 Å². The molecule has 0 unspecified atom stereocenters. The summed E-state index contributed by atoms with van der Waals surface area (Å²) in [7, 11) is 0. The predicted molar refractivity (Wildman–Crippen MR) is 135 cm³/mol. The second kappa shape index (κ2) is 9.06. The highest BCUT2D eigenvalue weighted by Gasteiger charge is 2.19. The lowest BCUT2D eigenvalue weighted by atomic mass is 10.1. The number of benzene rings is 3. The molecule has 35 heavy (non-hydrogen) atoms. The van der Waals surface area contributed by atoms with Gasteiger partial charge in [0.25, 0.3) is 5.88 Å². The summed E-state index contributed by atoms with van der Waals surface area (Å²) in [6.07, 6.45) is 0.916.